The Morgan fingerprint density at radius 3 is 1.87 bits per heavy atom. The van der Waals surface area contributed by atoms with Gasteiger partial charge in [-0.3, -0.25) is 9.59 Å². The van der Waals surface area contributed by atoms with Gasteiger partial charge in [0, 0.05) is 16.6 Å². The zero-order valence-corrected chi connectivity index (χ0v) is 24.6. The zero-order chi connectivity index (χ0) is 27.2. The van der Waals surface area contributed by atoms with Crippen molar-refractivity contribution in [1.82, 2.24) is 4.90 Å². The number of aliphatic hydroxyl groups is 1. The van der Waals surface area contributed by atoms with Crippen molar-refractivity contribution in [2.24, 2.45) is 0 Å². The number of likely N-dealkylation sites (tertiary alicyclic amines) is 1. The molecule has 0 aromatic heterocycles. The van der Waals surface area contributed by atoms with E-state index in [2.05, 4.69) is 22.9 Å². The molecular formula is C33H44BrNO3. The van der Waals surface area contributed by atoms with Crippen molar-refractivity contribution >= 4 is 33.4 Å². The van der Waals surface area contributed by atoms with Gasteiger partial charge < -0.3 is 10.0 Å². The molecule has 3 rings (SSSR count). The van der Waals surface area contributed by atoms with Gasteiger partial charge in [0.2, 0.25) is 0 Å². The first-order valence-electron chi connectivity index (χ1n) is 14.6. The Kier molecular flexibility index (Phi) is 13.1. The number of carbonyl (C=O) groups is 2. The molecule has 1 N–H and O–H groups in total. The number of amides is 1. The van der Waals surface area contributed by atoms with Crippen molar-refractivity contribution in [3.05, 3.63) is 75.8 Å². The lowest BCUT2D eigenvalue weighted by Crippen LogP contribution is -2.30. The fourth-order valence-corrected chi connectivity index (χ4v) is 5.76. The number of hydrogen-bond donors (Lipinski definition) is 1. The van der Waals surface area contributed by atoms with Crippen molar-refractivity contribution in [2.75, 3.05) is 6.54 Å². The summed E-state index contributed by atoms with van der Waals surface area (Å²) in [5.74, 6) is -1.26. The molecule has 1 atom stereocenters. The molecule has 1 fully saturated rings. The number of aliphatic hydroxyl groups excluding tert-OH is 1. The summed E-state index contributed by atoms with van der Waals surface area (Å²) < 4.78 is 0.800. The van der Waals surface area contributed by atoms with E-state index in [4.69, 9.17) is 0 Å². The maximum absolute atomic E-state index is 13.1. The van der Waals surface area contributed by atoms with Crippen molar-refractivity contribution < 1.29 is 14.7 Å². The van der Waals surface area contributed by atoms with Crippen LogP contribution in [0.1, 0.15) is 114 Å². The van der Waals surface area contributed by atoms with E-state index in [1.54, 1.807) is 23.1 Å². The van der Waals surface area contributed by atoms with Gasteiger partial charge in [-0.1, -0.05) is 149 Å². The molecule has 1 unspecified atom stereocenters. The highest BCUT2D eigenvalue weighted by molar-refractivity contribution is 9.10. The lowest BCUT2D eigenvalue weighted by Gasteiger charge is -2.25. The number of benzene rings is 2. The highest BCUT2D eigenvalue weighted by atomic mass is 79.9. The molecule has 5 heteroatoms. The summed E-state index contributed by atoms with van der Waals surface area (Å²) in [6, 6.07) is 16.2. The summed E-state index contributed by atoms with van der Waals surface area (Å²) in [6.07, 6.45) is 17.8. The summed E-state index contributed by atoms with van der Waals surface area (Å²) in [5.41, 5.74) is 1.54. The van der Waals surface area contributed by atoms with E-state index in [9.17, 15) is 14.7 Å². The molecule has 0 saturated carbocycles. The molecule has 1 amide bonds. The third kappa shape index (κ3) is 8.83. The minimum atomic E-state index is -0.610. The maximum Gasteiger partial charge on any atom is 0.295 e. The van der Waals surface area contributed by atoms with Crippen LogP contribution in [0.25, 0.3) is 5.76 Å². The summed E-state index contributed by atoms with van der Waals surface area (Å²) in [5, 5.41) is 11.1. The van der Waals surface area contributed by atoms with Crippen molar-refractivity contribution in [1.29, 1.82) is 0 Å². The van der Waals surface area contributed by atoms with E-state index in [0.29, 0.717) is 12.1 Å². The molecule has 1 aliphatic heterocycles. The van der Waals surface area contributed by atoms with Crippen LogP contribution in [0.3, 0.4) is 0 Å². The number of nitrogens with zero attached hydrogens (tertiary/aromatic N) is 1. The second-order valence-electron chi connectivity index (χ2n) is 10.5. The number of hydrogen-bond acceptors (Lipinski definition) is 3. The molecular weight excluding hydrogens is 538 g/mol. The molecule has 4 nitrogen and oxygen atoms in total. The molecule has 0 radical (unpaired) electrons. The monoisotopic (exact) mass is 581 g/mol. The van der Waals surface area contributed by atoms with Crippen molar-refractivity contribution in [3.8, 4) is 0 Å². The Hall–Kier alpha value is -2.40. The Balaban J connectivity index is 1.50. The molecule has 1 heterocycles. The number of ketones is 1. The molecule has 38 heavy (non-hydrogen) atoms. The number of unbranched alkanes of at least 4 members (excludes halogenated alkanes) is 13. The van der Waals surface area contributed by atoms with Crippen LogP contribution in [-0.2, 0) is 9.59 Å². The van der Waals surface area contributed by atoms with Crippen LogP contribution in [0.15, 0.2) is 64.6 Å². The second kappa shape index (κ2) is 16.5. The van der Waals surface area contributed by atoms with Gasteiger partial charge in [-0.15, -0.1) is 0 Å². The van der Waals surface area contributed by atoms with Gasteiger partial charge in [-0.25, -0.2) is 0 Å². The average molecular weight is 583 g/mol. The lowest BCUT2D eigenvalue weighted by molar-refractivity contribution is -0.139. The standard InChI is InChI=1S/C33H44BrNO3/c1-2-3-4-5-6-7-8-9-10-11-12-13-14-18-24-35-30(26-20-16-15-17-21-26)29(32(37)33(35)38)31(36)27-22-19-23-28(34)25-27/h15-17,19-23,25,30,36H,2-14,18,24H2,1H3. The number of Topliss-reactive ketones (excluding diaryl/α,β-unsaturated/α-hetero) is 1. The van der Waals surface area contributed by atoms with Gasteiger partial charge in [-0.05, 0) is 24.1 Å². The topological polar surface area (TPSA) is 57.6 Å². The summed E-state index contributed by atoms with van der Waals surface area (Å²) in [6.45, 7) is 2.77. The first-order chi connectivity index (χ1) is 18.5. The maximum atomic E-state index is 13.1. The number of carbonyl (C=O) groups excluding carboxylic acids is 2. The van der Waals surface area contributed by atoms with Gasteiger partial charge in [-0.2, -0.15) is 0 Å². The number of rotatable bonds is 17. The Morgan fingerprint density at radius 1 is 0.763 bits per heavy atom. The largest absolute Gasteiger partial charge is 0.507 e. The predicted octanol–water partition coefficient (Wildman–Crippen LogP) is 9.35. The first kappa shape index (κ1) is 30.1. The molecule has 2 aromatic rings. The van der Waals surface area contributed by atoms with Crippen LogP contribution < -0.4 is 0 Å². The molecule has 206 valence electrons. The lowest BCUT2D eigenvalue weighted by atomic mass is 9.95. The van der Waals surface area contributed by atoms with Crippen molar-refractivity contribution in [3.63, 3.8) is 0 Å². The Labute approximate surface area is 237 Å². The molecule has 0 bridgehead atoms. The highest BCUT2D eigenvalue weighted by Crippen LogP contribution is 2.39. The minimum absolute atomic E-state index is 0.123. The molecule has 0 spiro atoms. The van der Waals surface area contributed by atoms with Gasteiger partial charge >= 0.3 is 0 Å². The van der Waals surface area contributed by atoms with Gasteiger partial charge in [0.05, 0.1) is 11.6 Å². The zero-order valence-electron chi connectivity index (χ0n) is 23.0. The SMILES string of the molecule is CCCCCCCCCCCCCCCCN1C(=O)C(=O)C(=C(O)c2cccc(Br)c2)C1c1ccccc1. The van der Waals surface area contributed by atoms with Gasteiger partial charge in [0.1, 0.15) is 5.76 Å². The van der Waals surface area contributed by atoms with Crippen LogP contribution in [0, 0.1) is 0 Å². The van der Waals surface area contributed by atoms with E-state index < -0.39 is 17.7 Å². The number of halogens is 1. The van der Waals surface area contributed by atoms with E-state index in [-0.39, 0.29) is 11.3 Å². The van der Waals surface area contributed by atoms with E-state index in [1.165, 1.54) is 70.6 Å². The van der Waals surface area contributed by atoms with E-state index >= 15 is 0 Å². The molecule has 0 aliphatic carbocycles. The summed E-state index contributed by atoms with van der Waals surface area (Å²) in [4.78, 5) is 27.9. The van der Waals surface area contributed by atoms with E-state index in [0.717, 1.165) is 29.3 Å². The minimum Gasteiger partial charge on any atom is -0.507 e. The third-order valence-corrected chi connectivity index (χ3v) is 8.00. The molecule has 2 aromatic carbocycles. The summed E-state index contributed by atoms with van der Waals surface area (Å²) >= 11 is 3.43. The third-order valence-electron chi connectivity index (χ3n) is 7.51. The highest BCUT2D eigenvalue weighted by Gasteiger charge is 2.45. The fraction of sp³-hybridized carbons (Fsp3) is 0.515. The molecule has 1 aliphatic rings. The van der Waals surface area contributed by atoms with Crippen LogP contribution >= 0.6 is 15.9 Å². The smallest absolute Gasteiger partial charge is 0.295 e. The van der Waals surface area contributed by atoms with Crippen LogP contribution in [0.2, 0.25) is 0 Å². The van der Waals surface area contributed by atoms with Gasteiger partial charge in [0.25, 0.3) is 11.7 Å². The van der Waals surface area contributed by atoms with Crippen LogP contribution in [0.5, 0.6) is 0 Å². The predicted molar refractivity (Wildman–Crippen MR) is 160 cm³/mol. The van der Waals surface area contributed by atoms with Crippen LogP contribution in [0.4, 0.5) is 0 Å². The molecule has 1 saturated heterocycles. The Bertz CT molecular complexity index is 1050. The van der Waals surface area contributed by atoms with Crippen LogP contribution in [-0.4, -0.2) is 28.2 Å². The quantitative estimate of drug-likeness (QED) is 0.0875. The fourth-order valence-electron chi connectivity index (χ4n) is 5.36. The van der Waals surface area contributed by atoms with E-state index in [1.807, 2.05) is 36.4 Å². The normalized spacial score (nSPS) is 16.9. The van der Waals surface area contributed by atoms with Crippen molar-refractivity contribution in [2.45, 2.75) is 103 Å². The Morgan fingerprint density at radius 2 is 1.32 bits per heavy atom. The average Bonchev–Trinajstić information content (AvgIpc) is 3.18. The van der Waals surface area contributed by atoms with Gasteiger partial charge in [0.15, 0.2) is 0 Å². The second-order valence-corrected chi connectivity index (χ2v) is 11.4. The first-order valence-corrected chi connectivity index (χ1v) is 15.4. The summed E-state index contributed by atoms with van der Waals surface area (Å²) in [7, 11) is 0.